The lowest BCUT2D eigenvalue weighted by Crippen LogP contribution is -2.30. The number of fused-ring (bicyclic) bond motifs is 5. The van der Waals surface area contributed by atoms with Gasteiger partial charge in [0.25, 0.3) is 5.91 Å². The number of nitrogens with two attached hydrogens (primary N) is 1. The maximum absolute atomic E-state index is 13.3. The van der Waals surface area contributed by atoms with E-state index in [-0.39, 0.29) is 11.6 Å². The van der Waals surface area contributed by atoms with Gasteiger partial charge in [0.15, 0.2) is 0 Å². The van der Waals surface area contributed by atoms with E-state index in [1.807, 2.05) is 0 Å². The predicted molar refractivity (Wildman–Crippen MR) is 77.6 cm³/mol. The topological polar surface area (TPSA) is 55.1 Å². The minimum atomic E-state index is -0.505. The Morgan fingerprint density at radius 3 is 2.60 bits per heavy atom. The van der Waals surface area contributed by atoms with Crippen LogP contribution >= 0.6 is 15.9 Å². The number of benzene rings is 1. The lowest BCUT2D eigenvalue weighted by Gasteiger charge is -2.12. The number of anilines is 1. The third kappa shape index (κ3) is 1.72. The summed E-state index contributed by atoms with van der Waals surface area (Å²) in [7, 11) is 0. The van der Waals surface area contributed by atoms with Crippen LogP contribution in [0.15, 0.2) is 16.6 Å². The first-order valence-corrected chi connectivity index (χ1v) is 7.91. The highest BCUT2D eigenvalue weighted by molar-refractivity contribution is 9.10. The lowest BCUT2D eigenvalue weighted by molar-refractivity contribution is 0.0943. The first-order chi connectivity index (χ1) is 9.56. The third-order valence-electron chi connectivity index (χ3n) is 5.36. The molecular weight excluding hydrogens is 323 g/mol. The first-order valence-electron chi connectivity index (χ1n) is 7.11. The summed E-state index contributed by atoms with van der Waals surface area (Å²) in [5, 5.41) is 3.11. The van der Waals surface area contributed by atoms with Crippen molar-refractivity contribution in [2.75, 3.05) is 5.73 Å². The number of rotatable bonds is 2. The fourth-order valence-electron chi connectivity index (χ4n) is 4.49. The summed E-state index contributed by atoms with van der Waals surface area (Å²) in [4.78, 5) is 12.3. The van der Waals surface area contributed by atoms with Crippen molar-refractivity contribution in [1.29, 1.82) is 0 Å². The fourth-order valence-corrected chi connectivity index (χ4v) is 4.98. The van der Waals surface area contributed by atoms with Crippen LogP contribution in [0.4, 0.5) is 10.1 Å². The van der Waals surface area contributed by atoms with Gasteiger partial charge in [0.2, 0.25) is 0 Å². The Morgan fingerprint density at radius 2 is 1.95 bits per heavy atom. The molecule has 3 aliphatic rings. The fraction of sp³-hybridized carbons (Fsp3) is 0.533. The first kappa shape index (κ1) is 12.6. The van der Waals surface area contributed by atoms with E-state index in [2.05, 4.69) is 21.2 Å². The zero-order chi connectivity index (χ0) is 14.0. The van der Waals surface area contributed by atoms with Crippen LogP contribution in [0, 0.1) is 29.5 Å². The highest BCUT2D eigenvalue weighted by Gasteiger charge is 2.65. The molecule has 0 aliphatic heterocycles. The summed E-state index contributed by atoms with van der Waals surface area (Å²) in [5.74, 6) is 2.36. The summed E-state index contributed by atoms with van der Waals surface area (Å²) < 4.78 is 13.8. The minimum Gasteiger partial charge on any atom is -0.396 e. The Labute approximate surface area is 125 Å². The van der Waals surface area contributed by atoms with E-state index >= 15 is 0 Å². The zero-order valence-corrected chi connectivity index (χ0v) is 12.5. The van der Waals surface area contributed by atoms with E-state index in [0.29, 0.717) is 27.9 Å². The van der Waals surface area contributed by atoms with Crippen molar-refractivity contribution >= 4 is 27.5 Å². The summed E-state index contributed by atoms with van der Waals surface area (Å²) in [6.07, 6.45) is 4.01. The second-order valence-electron chi connectivity index (χ2n) is 6.34. The van der Waals surface area contributed by atoms with Gasteiger partial charge in [-0.1, -0.05) is 0 Å². The number of carbonyl (C=O) groups is 1. The maximum atomic E-state index is 13.3. The van der Waals surface area contributed by atoms with Crippen LogP contribution < -0.4 is 11.1 Å². The number of halogens is 2. The molecule has 0 aromatic heterocycles. The maximum Gasteiger partial charge on any atom is 0.252 e. The van der Waals surface area contributed by atoms with Crippen LogP contribution in [-0.4, -0.2) is 11.9 Å². The second-order valence-corrected chi connectivity index (χ2v) is 7.20. The molecule has 5 heteroatoms. The minimum absolute atomic E-state index is 0.00871. The Kier molecular flexibility index (Phi) is 2.65. The van der Waals surface area contributed by atoms with Crippen molar-refractivity contribution in [3.8, 4) is 0 Å². The molecule has 3 fully saturated rings. The van der Waals surface area contributed by atoms with Gasteiger partial charge in [-0.05, 0) is 71.0 Å². The predicted octanol–water partition coefficient (Wildman–Crippen LogP) is 2.94. The Hall–Kier alpha value is -1.10. The van der Waals surface area contributed by atoms with E-state index in [1.165, 1.54) is 31.4 Å². The molecule has 3 N–H and O–H groups in total. The van der Waals surface area contributed by atoms with Crippen molar-refractivity contribution in [3.05, 3.63) is 28.0 Å². The number of nitrogen functional groups attached to an aromatic ring is 1. The third-order valence-corrected chi connectivity index (χ3v) is 6.02. The molecule has 4 atom stereocenters. The highest BCUT2D eigenvalue weighted by atomic mass is 79.9. The standard InChI is InChI=1S/C15H16BrFN2O/c16-9-5-10(17)11(18)4-8(9)15(20)19-14-12-6-1-2-7(3-6)13(12)14/h4-7,12-14H,1-3,18H2,(H,19,20). The SMILES string of the molecule is Nc1cc(C(=O)NC2C3C4CCC(C4)C23)c(Br)cc1F. The summed E-state index contributed by atoms with van der Waals surface area (Å²) in [6.45, 7) is 0. The smallest absolute Gasteiger partial charge is 0.252 e. The average molecular weight is 339 g/mol. The molecule has 1 amide bonds. The molecule has 3 nitrogen and oxygen atoms in total. The molecule has 20 heavy (non-hydrogen) atoms. The van der Waals surface area contributed by atoms with Crippen LogP contribution in [0.25, 0.3) is 0 Å². The number of carbonyl (C=O) groups excluding carboxylic acids is 1. The van der Waals surface area contributed by atoms with Gasteiger partial charge >= 0.3 is 0 Å². The van der Waals surface area contributed by atoms with Gasteiger partial charge in [0, 0.05) is 10.5 Å². The van der Waals surface area contributed by atoms with Crippen LogP contribution in [0.1, 0.15) is 29.6 Å². The second kappa shape index (κ2) is 4.20. The molecular formula is C15H16BrFN2O. The van der Waals surface area contributed by atoms with Gasteiger partial charge in [-0.2, -0.15) is 0 Å². The monoisotopic (exact) mass is 338 g/mol. The van der Waals surface area contributed by atoms with Crippen molar-refractivity contribution < 1.29 is 9.18 Å². The molecule has 4 rings (SSSR count). The van der Waals surface area contributed by atoms with Crippen LogP contribution in [0.5, 0.6) is 0 Å². The Balaban J connectivity index is 1.51. The van der Waals surface area contributed by atoms with Crippen LogP contribution in [0.3, 0.4) is 0 Å². The van der Waals surface area contributed by atoms with Crippen molar-refractivity contribution in [1.82, 2.24) is 5.32 Å². The van der Waals surface area contributed by atoms with Crippen LogP contribution in [-0.2, 0) is 0 Å². The molecule has 0 heterocycles. The van der Waals surface area contributed by atoms with Gasteiger partial charge in [0.1, 0.15) is 5.82 Å². The van der Waals surface area contributed by atoms with Crippen molar-refractivity contribution in [2.24, 2.45) is 23.7 Å². The molecule has 4 unspecified atom stereocenters. The van der Waals surface area contributed by atoms with Crippen molar-refractivity contribution in [2.45, 2.75) is 25.3 Å². The van der Waals surface area contributed by atoms with Gasteiger partial charge in [-0.3, -0.25) is 4.79 Å². The Morgan fingerprint density at radius 1 is 1.30 bits per heavy atom. The number of hydrogen-bond donors (Lipinski definition) is 2. The number of hydrogen-bond acceptors (Lipinski definition) is 2. The van der Waals surface area contributed by atoms with Crippen LogP contribution in [0.2, 0.25) is 0 Å². The van der Waals surface area contributed by atoms with Gasteiger partial charge in [-0.15, -0.1) is 0 Å². The van der Waals surface area contributed by atoms with Gasteiger partial charge in [0.05, 0.1) is 11.3 Å². The van der Waals surface area contributed by atoms with E-state index in [1.54, 1.807) is 0 Å². The summed E-state index contributed by atoms with van der Waals surface area (Å²) in [5.41, 5.74) is 5.97. The van der Waals surface area contributed by atoms with Crippen molar-refractivity contribution in [3.63, 3.8) is 0 Å². The van der Waals surface area contributed by atoms with E-state index in [0.717, 1.165) is 11.8 Å². The van der Waals surface area contributed by atoms with Gasteiger partial charge in [-0.25, -0.2) is 4.39 Å². The normalized spacial score (nSPS) is 36.8. The molecule has 1 aromatic rings. The molecule has 0 saturated heterocycles. The Bertz CT molecular complexity index is 590. The largest absolute Gasteiger partial charge is 0.396 e. The molecule has 0 spiro atoms. The summed E-state index contributed by atoms with van der Waals surface area (Å²) in [6, 6.07) is 2.98. The number of amides is 1. The molecule has 3 aliphatic carbocycles. The molecule has 3 saturated carbocycles. The molecule has 1 aromatic carbocycles. The zero-order valence-electron chi connectivity index (χ0n) is 10.9. The van der Waals surface area contributed by atoms with E-state index in [9.17, 15) is 9.18 Å². The molecule has 2 bridgehead atoms. The quantitative estimate of drug-likeness (QED) is 0.814. The van der Waals surface area contributed by atoms with Gasteiger partial charge < -0.3 is 11.1 Å². The average Bonchev–Trinajstić information content (AvgIpc) is 2.82. The van der Waals surface area contributed by atoms with E-state index < -0.39 is 5.82 Å². The lowest BCUT2D eigenvalue weighted by atomic mass is 10.0. The molecule has 106 valence electrons. The summed E-state index contributed by atoms with van der Waals surface area (Å²) >= 11 is 3.23. The highest BCUT2D eigenvalue weighted by Crippen LogP contribution is 2.65. The van der Waals surface area contributed by atoms with E-state index in [4.69, 9.17) is 5.73 Å². The molecule has 0 radical (unpaired) electrons. The number of nitrogens with one attached hydrogen (secondary N) is 1.